The lowest BCUT2D eigenvalue weighted by atomic mass is 10.0. The zero-order chi connectivity index (χ0) is 15.0. The summed E-state index contributed by atoms with van der Waals surface area (Å²) in [5, 5.41) is 9.53. The van der Waals surface area contributed by atoms with Gasteiger partial charge in [0.05, 0.1) is 0 Å². The fraction of sp³-hybridized carbons (Fsp3) is 0.867. The first-order valence-corrected chi connectivity index (χ1v) is 7.77. The van der Waals surface area contributed by atoms with Crippen LogP contribution in [0.4, 0.5) is 0 Å². The van der Waals surface area contributed by atoms with Crippen LogP contribution < -0.4 is 16.0 Å². The third-order valence-electron chi connectivity index (χ3n) is 3.45. The van der Waals surface area contributed by atoms with Crippen LogP contribution in [0.3, 0.4) is 0 Å². The predicted octanol–water partition coefficient (Wildman–Crippen LogP) is 1.50. The summed E-state index contributed by atoms with van der Waals surface area (Å²) in [7, 11) is 1.77. The molecule has 0 aromatic heterocycles. The van der Waals surface area contributed by atoms with E-state index in [4.69, 9.17) is 0 Å². The van der Waals surface area contributed by atoms with Gasteiger partial charge in [-0.05, 0) is 38.5 Å². The first-order valence-electron chi connectivity index (χ1n) is 7.77. The maximum absolute atomic E-state index is 11.5. The van der Waals surface area contributed by atoms with Gasteiger partial charge in [0.25, 0.3) is 0 Å². The van der Waals surface area contributed by atoms with Crippen LogP contribution >= 0.6 is 0 Å². The van der Waals surface area contributed by atoms with Crippen LogP contribution in [0.15, 0.2) is 4.99 Å². The maximum atomic E-state index is 11.5. The van der Waals surface area contributed by atoms with Crippen LogP contribution in [0.5, 0.6) is 0 Å². The highest BCUT2D eigenvalue weighted by Crippen LogP contribution is 2.28. The minimum Gasteiger partial charge on any atom is -0.355 e. The van der Waals surface area contributed by atoms with Crippen LogP contribution in [0.1, 0.15) is 46.5 Å². The monoisotopic (exact) mass is 282 g/mol. The molecule has 1 fully saturated rings. The molecule has 116 valence electrons. The number of hydrogen-bond acceptors (Lipinski definition) is 2. The molecule has 5 heteroatoms. The van der Waals surface area contributed by atoms with E-state index < -0.39 is 0 Å². The van der Waals surface area contributed by atoms with Gasteiger partial charge < -0.3 is 16.0 Å². The summed E-state index contributed by atoms with van der Waals surface area (Å²) in [5.74, 6) is 2.01. The lowest BCUT2D eigenvalue weighted by Gasteiger charge is -2.18. The summed E-state index contributed by atoms with van der Waals surface area (Å²) in [6, 6.07) is 0.407. The number of hydrogen-bond donors (Lipinski definition) is 3. The summed E-state index contributed by atoms with van der Waals surface area (Å²) in [6.45, 7) is 8.00. The molecule has 20 heavy (non-hydrogen) atoms. The number of aliphatic imine (C=N–C) groups is 1. The third-order valence-corrected chi connectivity index (χ3v) is 3.45. The molecule has 1 aliphatic carbocycles. The van der Waals surface area contributed by atoms with Crippen molar-refractivity contribution in [1.82, 2.24) is 16.0 Å². The summed E-state index contributed by atoms with van der Waals surface area (Å²) in [6.07, 6.45) is 4.45. The largest absolute Gasteiger partial charge is 0.355 e. The fourth-order valence-electron chi connectivity index (χ4n) is 1.94. The molecule has 5 nitrogen and oxygen atoms in total. The number of carbonyl (C=O) groups is 1. The van der Waals surface area contributed by atoms with Crippen molar-refractivity contribution >= 4 is 11.9 Å². The molecule has 1 unspecified atom stereocenters. The van der Waals surface area contributed by atoms with E-state index in [9.17, 15) is 4.79 Å². The number of amides is 1. The summed E-state index contributed by atoms with van der Waals surface area (Å²) in [5.41, 5.74) is 0. The van der Waals surface area contributed by atoms with E-state index in [-0.39, 0.29) is 11.8 Å². The van der Waals surface area contributed by atoms with Gasteiger partial charge in [0.2, 0.25) is 5.91 Å². The second-order valence-corrected chi connectivity index (χ2v) is 6.08. The van der Waals surface area contributed by atoms with Crippen molar-refractivity contribution in [2.24, 2.45) is 16.8 Å². The van der Waals surface area contributed by atoms with Crippen molar-refractivity contribution in [3.8, 4) is 0 Å². The smallest absolute Gasteiger partial charge is 0.223 e. The number of nitrogens with one attached hydrogen (secondary N) is 3. The Hall–Kier alpha value is -1.26. The van der Waals surface area contributed by atoms with E-state index in [1.165, 1.54) is 6.42 Å². The van der Waals surface area contributed by atoms with Crippen molar-refractivity contribution in [2.75, 3.05) is 20.1 Å². The van der Waals surface area contributed by atoms with Gasteiger partial charge in [-0.1, -0.05) is 13.8 Å². The second-order valence-electron chi connectivity index (χ2n) is 6.08. The fourth-order valence-corrected chi connectivity index (χ4v) is 1.94. The summed E-state index contributed by atoms with van der Waals surface area (Å²) < 4.78 is 0. The van der Waals surface area contributed by atoms with Gasteiger partial charge in [0.15, 0.2) is 5.96 Å². The molecule has 0 spiro atoms. The first-order chi connectivity index (χ1) is 9.52. The van der Waals surface area contributed by atoms with Crippen LogP contribution in [0.2, 0.25) is 0 Å². The van der Waals surface area contributed by atoms with E-state index in [2.05, 4.69) is 41.7 Å². The molecular formula is C15H30N4O. The van der Waals surface area contributed by atoms with Gasteiger partial charge in [-0.2, -0.15) is 0 Å². The Morgan fingerprint density at radius 3 is 2.35 bits per heavy atom. The van der Waals surface area contributed by atoms with Gasteiger partial charge in [-0.3, -0.25) is 9.79 Å². The highest BCUT2D eigenvalue weighted by Gasteiger charge is 2.28. The minimum absolute atomic E-state index is 0.194. The molecule has 0 heterocycles. The van der Waals surface area contributed by atoms with Crippen molar-refractivity contribution in [2.45, 2.75) is 52.5 Å². The third kappa shape index (κ3) is 7.36. The number of rotatable bonds is 8. The van der Waals surface area contributed by atoms with Gasteiger partial charge in [-0.25, -0.2) is 0 Å². The molecule has 1 rings (SSSR count). The second kappa shape index (κ2) is 8.82. The lowest BCUT2D eigenvalue weighted by Crippen LogP contribution is -2.45. The van der Waals surface area contributed by atoms with Gasteiger partial charge in [0, 0.05) is 32.1 Å². The maximum Gasteiger partial charge on any atom is 0.223 e. The molecule has 0 bridgehead atoms. The van der Waals surface area contributed by atoms with Crippen LogP contribution in [-0.2, 0) is 4.79 Å². The first kappa shape index (κ1) is 16.8. The molecule has 1 aliphatic rings. The van der Waals surface area contributed by atoms with E-state index in [0.29, 0.717) is 19.1 Å². The molecule has 0 aromatic rings. The molecule has 0 aromatic carbocycles. The summed E-state index contributed by atoms with van der Waals surface area (Å²) >= 11 is 0. The highest BCUT2D eigenvalue weighted by atomic mass is 16.2. The van der Waals surface area contributed by atoms with Crippen molar-refractivity contribution in [3.05, 3.63) is 0 Å². The lowest BCUT2D eigenvalue weighted by molar-refractivity contribution is -0.122. The van der Waals surface area contributed by atoms with E-state index >= 15 is 0 Å². The zero-order valence-electron chi connectivity index (χ0n) is 13.3. The normalized spacial score (nSPS) is 16.9. The number of nitrogens with zero attached hydrogens (tertiary/aromatic N) is 1. The highest BCUT2D eigenvalue weighted by molar-refractivity contribution is 5.81. The topological polar surface area (TPSA) is 65.5 Å². The zero-order valence-corrected chi connectivity index (χ0v) is 13.3. The van der Waals surface area contributed by atoms with E-state index in [0.717, 1.165) is 31.1 Å². The average Bonchev–Trinajstić information content (AvgIpc) is 3.23. The quantitative estimate of drug-likeness (QED) is 0.359. The van der Waals surface area contributed by atoms with Crippen molar-refractivity contribution < 1.29 is 4.79 Å². The molecule has 0 saturated heterocycles. The molecule has 1 saturated carbocycles. The number of carbonyl (C=O) groups excluding carboxylic acids is 1. The molecule has 3 N–H and O–H groups in total. The van der Waals surface area contributed by atoms with E-state index in [1.54, 1.807) is 7.05 Å². The Labute approximate surface area is 123 Å². The van der Waals surface area contributed by atoms with Crippen LogP contribution in [0, 0.1) is 11.8 Å². The summed E-state index contributed by atoms with van der Waals surface area (Å²) in [4.78, 5) is 15.7. The van der Waals surface area contributed by atoms with Crippen molar-refractivity contribution in [3.63, 3.8) is 0 Å². The van der Waals surface area contributed by atoms with Gasteiger partial charge in [0.1, 0.15) is 0 Å². The molecule has 0 radical (unpaired) electrons. The Balaban J connectivity index is 2.10. The molecule has 1 amide bonds. The Bertz CT molecular complexity index is 324. The SMILES string of the molecule is CN=C(NCCNC(=O)C1CC1)NC(C)CCC(C)C. The average molecular weight is 282 g/mol. The van der Waals surface area contributed by atoms with Gasteiger partial charge >= 0.3 is 0 Å². The molecule has 0 aliphatic heterocycles. The minimum atomic E-state index is 0.194. The molecular weight excluding hydrogens is 252 g/mol. The van der Waals surface area contributed by atoms with Crippen LogP contribution in [-0.4, -0.2) is 38.0 Å². The number of guanidine groups is 1. The Morgan fingerprint density at radius 1 is 1.15 bits per heavy atom. The Kier molecular flexibility index (Phi) is 7.41. The van der Waals surface area contributed by atoms with Crippen molar-refractivity contribution in [1.29, 1.82) is 0 Å². The standard InChI is InChI=1S/C15H30N4O/c1-11(2)5-6-12(3)19-15(16-4)18-10-9-17-14(20)13-7-8-13/h11-13H,5-10H2,1-4H3,(H,17,20)(H2,16,18,19). The van der Waals surface area contributed by atoms with E-state index in [1.807, 2.05) is 0 Å². The predicted molar refractivity (Wildman–Crippen MR) is 83.8 cm³/mol. The van der Waals surface area contributed by atoms with Crippen LogP contribution in [0.25, 0.3) is 0 Å². The van der Waals surface area contributed by atoms with Gasteiger partial charge in [-0.15, -0.1) is 0 Å². The Morgan fingerprint density at radius 2 is 1.80 bits per heavy atom. The molecule has 1 atom stereocenters.